The van der Waals surface area contributed by atoms with Crippen LogP contribution in [-0.4, -0.2) is 31.1 Å². The molecule has 0 bridgehead atoms. The van der Waals surface area contributed by atoms with Crippen molar-refractivity contribution in [2.75, 3.05) is 0 Å². The van der Waals surface area contributed by atoms with Crippen molar-refractivity contribution >= 4 is 28.4 Å². The predicted molar refractivity (Wildman–Crippen MR) is 173 cm³/mol. The van der Waals surface area contributed by atoms with Gasteiger partial charge in [-0.25, -0.2) is 0 Å². The van der Waals surface area contributed by atoms with E-state index in [1.807, 2.05) is 47.6 Å². The number of hydrogen-bond donors (Lipinski definition) is 0. The molecule has 0 radical (unpaired) electrons. The first-order valence-electron chi connectivity index (χ1n) is 15.2. The molecule has 3 aromatic rings. The topological polar surface area (TPSA) is 37.4 Å². The van der Waals surface area contributed by atoms with E-state index in [9.17, 15) is 8.42 Å². The molecule has 0 fully saturated rings. The molecule has 3 nitrogen and oxygen atoms in total. The van der Waals surface area contributed by atoms with Crippen molar-refractivity contribution in [1.29, 1.82) is 0 Å². The Morgan fingerprint density at radius 2 is 1.18 bits per heavy atom. The second-order valence-corrected chi connectivity index (χ2v) is 26.1. The second-order valence-electron chi connectivity index (χ2n) is 11.2. The molecule has 0 aliphatic carbocycles. The summed E-state index contributed by atoms with van der Waals surface area (Å²) in [5.74, 6) is 0. The van der Waals surface area contributed by atoms with Crippen LogP contribution in [0, 0.1) is 6.92 Å². The molecule has 0 atom stereocenters. The van der Waals surface area contributed by atoms with Crippen molar-refractivity contribution in [3.8, 4) is 0 Å². The van der Waals surface area contributed by atoms with Gasteiger partial charge in [-0.15, -0.1) is 0 Å². The Kier molecular flexibility index (Phi) is 13.3. The van der Waals surface area contributed by atoms with Crippen LogP contribution in [0.4, 0.5) is 0 Å². The van der Waals surface area contributed by atoms with Crippen LogP contribution in [0.25, 0.3) is 0 Å². The van der Waals surface area contributed by atoms with E-state index >= 15 is 0 Å². The van der Waals surface area contributed by atoms with Crippen LogP contribution < -0.4 is 0 Å². The zero-order valence-corrected chi connectivity index (χ0v) is 28.8. The van der Waals surface area contributed by atoms with E-state index in [1.165, 1.54) is 41.8 Å². The fraction of sp³-hybridized carbons (Fsp3) is 0.429. The number of rotatable bonds is 17. The monoisotopic (exact) mass is 667 g/mol. The Morgan fingerprint density at radius 1 is 0.700 bits per heavy atom. The Balaban J connectivity index is 2.28. The van der Waals surface area contributed by atoms with E-state index in [1.54, 1.807) is 12.1 Å². The Labute approximate surface area is 248 Å². The molecule has 0 unspecified atom stereocenters. The molecule has 5 heteroatoms. The minimum absolute atomic E-state index is 0.376. The Hall–Kier alpha value is -2.05. The predicted octanol–water partition coefficient (Wildman–Crippen LogP) is 9.70. The molecule has 0 saturated heterocycles. The molecule has 0 aliphatic heterocycles. The van der Waals surface area contributed by atoms with E-state index in [0.717, 1.165) is 36.8 Å². The molecule has 3 rings (SSSR count). The van der Waals surface area contributed by atoms with Crippen molar-refractivity contribution in [3.63, 3.8) is 0 Å². The number of benzene rings is 3. The van der Waals surface area contributed by atoms with Crippen molar-refractivity contribution < 1.29 is 8.42 Å². The minimum atomic E-state index is -3.76. The molecule has 3 aromatic carbocycles. The SMILES string of the molecule is CCC[CH2][Sn]([CH2]CCC)([CH2]CCC)/[C](=C\Cc1ccccc1)N(Cc1ccccc1)S(=O)(=O)c1ccc(C)cc1. The van der Waals surface area contributed by atoms with E-state index < -0.39 is 28.4 Å². The number of aryl methyl sites for hydroxylation is 1. The maximum atomic E-state index is 14.7. The fourth-order valence-corrected chi connectivity index (χ4v) is 25.7. The van der Waals surface area contributed by atoms with E-state index in [4.69, 9.17) is 0 Å². The van der Waals surface area contributed by atoms with Gasteiger partial charge in [-0.2, -0.15) is 0 Å². The average Bonchev–Trinajstić information content (AvgIpc) is 2.98. The Bertz CT molecular complexity index is 1250. The quantitative estimate of drug-likeness (QED) is 0.135. The maximum absolute atomic E-state index is 14.7. The van der Waals surface area contributed by atoms with Gasteiger partial charge in [0.15, 0.2) is 0 Å². The molecular formula is C35H49NO2SSn. The number of unbranched alkanes of at least 4 members (excludes halogenated alkanes) is 3. The third kappa shape index (κ3) is 8.97. The number of hydrogen-bond acceptors (Lipinski definition) is 2. The summed E-state index contributed by atoms with van der Waals surface area (Å²) in [5.41, 5.74) is 3.33. The molecule has 0 aromatic heterocycles. The van der Waals surface area contributed by atoms with Gasteiger partial charge in [-0.05, 0) is 0 Å². The fourth-order valence-electron chi connectivity index (χ4n) is 5.60. The Morgan fingerprint density at radius 3 is 1.65 bits per heavy atom. The summed E-state index contributed by atoms with van der Waals surface area (Å²) >= 11 is -3.23. The van der Waals surface area contributed by atoms with Crippen LogP contribution in [0.1, 0.15) is 76.0 Å². The first kappa shape index (κ1) is 32.5. The third-order valence-corrected chi connectivity index (χ3v) is 25.9. The van der Waals surface area contributed by atoms with E-state index in [2.05, 4.69) is 63.2 Å². The normalized spacial score (nSPS) is 12.4. The average molecular weight is 667 g/mol. The van der Waals surface area contributed by atoms with Gasteiger partial charge in [0.05, 0.1) is 0 Å². The summed E-state index contributed by atoms with van der Waals surface area (Å²) in [6.45, 7) is 9.20. The standard InChI is InChI=1S/C23H22NO2S.3C4H9.Sn/c1-20-14-16-23(17-15-20)27(25,26)24(19-22-11-6-3-7-12-22)18-8-13-21-9-4-2-5-10-21;3*1-3-4-2;/h2-12,14-17H,13,19H2,1H3;3*1,3-4H2,2H3;. The number of nitrogens with zero attached hydrogens (tertiary/aromatic N) is 1. The molecule has 40 heavy (non-hydrogen) atoms. The molecule has 0 N–H and O–H groups in total. The van der Waals surface area contributed by atoms with Gasteiger partial charge in [0, 0.05) is 0 Å². The van der Waals surface area contributed by atoms with Crippen LogP contribution in [-0.2, 0) is 23.0 Å². The summed E-state index contributed by atoms with van der Waals surface area (Å²) in [6, 6.07) is 28.1. The summed E-state index contributed by atoms with van der Waals surface area (Å²) in [6.07, 6.45) is 10.1. The van der Waals surface area contributed by atoms with E-state index in [0.29, 0.717) is 11.4 Å². The van der Waals surface area contributed by atoms with Crippen LogP contribution in [0.2, 0.25) is 13.3 Å². The van der Waals surface area contributed by atoms with Gasteiger partial charge in [-0.3, -0.25) is 0 Å². The first-order chi connectivity index (χ1) is 19.4. The molecule has 216 valence electrons. The first-order valence-corrected chi connectivity index (χ1v) is 24.2. The van der Waals surface area contributed by atoms with Crippen LogP contribution >= 0.6 is 0 Å². The van der Waals surface area contributed by atoms with Gasteiger partial charge in [0.25, 0.3) is 0 Å². The molecule has 0 amide bonds. The molecule has 0 saturated carbocycles. The van der Waals surface area contributed by atoms with Crippen molar-refractivity contribution in [1.82, 2.24) is 4.31 Å². The van der Waals surface area contributed by atoms with E-state index in [-0.39, 0.29) is 0 Å². The van der Waals surface area contributed by atoms with Crippen LogP contribution in [0.15, 0.2) is 99.6 Å². The summed E-state index contributed by atoms with van der Waals surface area (Å²) < 4.78 is 36.1. The van der Waals surface area contributed by atoms with Gasteiger partial charge < -0.3 is 0 Å². The number of allylic oxidation sites excluding steroid dienone is 1. The molecule has 0 heterocycles. The van der Waals surface area contributed by atoms with Crippen LogP contribution in [0.5, 0.6) is 0 Å². The van der Waals surface area contributed by atoms with Gasteiger partial charge in [0.2, 0.25) is 0 Å². The van der Waals surface area contributed by atoms with Crippen molar-refractivity contribution in [2.24, 2.45) is 0 Å². The van der Waals surface area contributed by atoms with Crippen LogP contribution in [0.3, 0.4) is 0 Å². The third-order valence-electron chi connectivity index (χ3n) is 7.99. The molecule has 0 aliphatic rings. The van der Waals surface area contributed by atoms with Crippen molar-refractivity contribution in [3.05, 3.63) is 111 Å². The summed E-state index contributed by atoms with van der Waals surface area (Å²) in [5, 5.41) is 0. The second kappa shape index (κ2) is 16.4. The number of sulfonamides is 1. The van der Waals surface area contributed by atoms with Gasteiger partial charge >= 0.3 is 250 Å². The molecule has 0 spiro atoms. The van der Waals surface area contributed by atoms with Crippen molar-refractivity contribution in [2.45, 2.75) is 97.4 Å². The van der Waals surface area contributed by atoms with Gasteiger partial charge in [0.1, 0.15) is 0 Å². The summed E-state index contributed by atoms with van der Waals surface area (Å²) in [4.78, 5) is 0.390. The van der Waals surface area contributed by atoms with Gasteiger partial charge in [-0.1, -0.05) is 0 Å². The summed E-state index contributed by atoms with van der Waals surface area (Å²) in [7, 11) is -3.76. The zero-order chi connectivity index (χ0) is 28.8. The zero-order valence-electron chi connectivity index (χ0n) is 25.1. The molecular weight excluding hydrogens is 617 g/mol.